The molecule has 2 bridgehead atoms. The summed E-state index contributed by atoms with van der Waals surface area (Å²) >= 11 is 2.93. The van der Waals surface area contributed by atoms with E-state index in [9.17, 15) is 59.6 Å². The molecule has 28 heteroatoms. The Morgan fingerprint density at radius 1 is 0.840 bits per heavy atom. The molecule has 0 unspecified atom stereocenters. The molecule has 0 radical (unpaired) electrons. The molecular weight excluding hydrogens is 1440 g/mol. The van der Waals surface area contributed by atoms with Crippen molar-refractivity contribution in [3.05, 3.63) is 124 Å². The van der Waals surface area contributed by atoms with Gasteiger partial charge in [0.05, 0.1) is 45.4 Å². The highest BCUT2D eigenvalue weighted by molar-refractivity contribution is 7.99. The Hall–Kier alpha value is -7.10. The zero-order valence-corrected chi connectivity index (χ0v) is 64.9. The summed E-state index contributed by atoms with van der Waals surface area (Å²) in [5.41, 5.74) is 1.54. The first-order chi connectivity index (χ1) is 50.1. The Labute approximate surface area is 629 Å². The summed E-state index contributed by atoms with van der Waals surface area (Å²) in [4.78, 5) is 70.0. The van der Waals surface area contributed by atoms with Crippen LogP contribution in [0.4, 0.5) is 24.5 Å². The van der Waals surface area contributed by atoms with Crippen molar-refractivity contribution in [1.82, 2.24) is 39.9 Å². The summed E-state index contributed by atoms with van der Waals surface area (Å²) in [6.45, 7) is 23.2. The minimum absolute atomic E-state index is 0.00124. The minimum atomic E-state index is -6.15. The fraction of sp³-hybridized carbons (Fsp3) is 0.564. The average Bonchev–Trinajstić information content (AvgIpc) is 1.05. The van der Waals surface area contributed by atoms with Crippen molar-refractivity contribution in [3.8, 4) is 22.3 Å². The van der Waals surface area contributed by atoms with E-state index in [4.69, 9.17) is 4.74 Å². The van der Waals surface area contributed by atoms with E-state index in [1.54, 1.807) is 49.6 Å². The number of unbranched alkanes of at least 4 members (excludes halogenated alkanes) is 1. The van der Waals surface area contributed by atoms with Gasteiger partial charge >= 0.3 is 5.51 Å². The molecule has 106 heavy (non-hydrogen) atoms. The summed E-state index contributed by atoms with van der Waals surface area (Å²) in [6, 6.07) is 23.5. The van der Waals surface area contributed by atoms with Crippen LogP contribution in [0.3, 0.4) is 0 Å². The SMILES string of the molecule is Cc1ncsc1-c1ccc(CNC(=O)[C@@H]2C[C@@H](O)CN2C(=O)[C@@H](NC(=O)C2(C#N)CC2)C(C)(C)C)c(OCCCCN2CCN(CC[C@H](CSc3ccccc3)Nc3ccc(S(=O)(=O)NC(=O)c4ccc(N5CCN(CC6=C(C78CC(C)(C7)C8)CC(C)(C)CC6)CC5)cc4)cc3S(=O)(=O)C(F)(F)F)CC2)c1. The second kappa shape index (κ2) is 31.5. The first kappa shape index (κ1) is 78.5. The molecule has 3 aliphatic heterocycles. The number of nitrogens with one attached hydrogen (secondary N) is 4. The third-order valence-electron chi connectivity index (χ3n) is 22.6. The number of carbonyl (C=O) groups excluding carboxylic acids is 4. The number of ether oxygens (including phenoxy) is 1. The van der Waals surface area contributed by atoms with Crippen LogP contribution in [0.1, 0.15) is 140 Å². The number of sulfonamides is 1. The lowest BCUT2D eigenvalue weighted by atomic mass is 9.33. The number of aliphatic hydroxyl groups is 1. The van der Waals surface area contributed by atoms with E-state index >= 15 is 0 Å². The second-order valence-corrected chi connectivity index (χ2v) is 38.1. The predicted octanol–water partition coefficient (Wildman–Crippen LogP) is 11.2. The lowest BCUT2D eigenvalue weighted by molar-refractivity contribution is -0.167. The van der Waals surface area contributed by atoms with Gasteiger partial charge in [0.2, 0.25) is 17.7 Å². The Balaban J connectivity index is 0.632. The maximum Gasteiger partial charge on any atom is 0.501 e. The largest absolute Gasteiger partial charge is 0.501 e. The summed E-state index contributed by atoms with van der Waals surface area (Å²) in [5.74, 6) is -1.67. The number of sulfone groups is 1. The highest BCUT2D eigenvalue weighted by Gasteiger charge is 2.67. The molecule has 7 fully saturated rings. The first-order valence-electron chi connectivity index (χ1n) is 37.0. The van der Waals surface area contributed by atoms with Crippen LogP contribution < -0.4 is 30.3 Å². The van der Waals surface area contributed by atoms with Crippen LogP contribution in [0.25, 0.3) is 10.4 Å². The van der Waals surface area contributed by atoms with Gasteiger partial charge in [0.15, 0.2) is 0 Å². The molecule has 4 atom stereocenters. The van der Waals surface area contributed by atoms with Gasteiger partial charge in [-0.1, -0.05) is 83.0 Å². The molecule has 4 saturated carbocycles. The van der Waals surface area contributed by atoms with Crippen LogP contribution in [0.2, 0.25) is 0 Å². The van der Waals surface area contributed by atoms with Gasteiger partial charge in [0.25, 0.3) is 25.8 Å². The van der Waals surface area contributed by atoms with E-state index < -0.39 is 99.5 Å². The third-order valence-corrected chi connectivity index (χ3v) is 27.6. The zero-order valence-electron chi connectivity index (χ0n) is 61.7. The molecule has 21 nitrogen and oxygen atoms in total. The predicted molar refractivity (Wildman–Crippen MR) is 404 cm³/mol. The van der Waals surface area contributed by atoms with Crippen LogP contribution in [0.5, 0.6) is 5.75 Å². The van der Waals surface area contributed by atoms with Gasteiger partial charge in [-0.05, 0) is 172 Å². The number of aromatic nitrogens is 1. The number of halogens is 3. The van der Waals surface area contributed by atoms with Gasteiger partial charge in [0, 0.05) is 118 Å². The number of thioether (sulfide) groups is 1. The van der Waals surface area contributed by atoms with Crippen molar-refractivity contribution < 1.29 is 59.0 Å². The van der Waals surface area contributed by atoms with Crippen molar-refractivity contribution in [2.24, 2.45) is 27.1 Å². The molecule has 572 valence electrons. The lowest BCUT2D eigenvalue weighted by Crippen LogP contribution is -2.61. The van der Waals surface area contributed by atoms with Gasteiger partial charge in [0.1, 0.15) is 28.1 Å². The number of hydrogen-bond acceptors (Lipinski definition) is 19. The van der Waals surface area contributed by atoms with Gasteiger partial charge < -0.3 is 45.4 Å². The highest BCUT2D eigenvalue weighted by atomic mass is 32.2. The van der Waals surface area contributed by atoms with Gasteiger partial charge in [-0.15, -0.1) is 23.1 Å². The number of aryl methyl sites for hydroxylation is 1. The van der Waals surface area contributed by atoms with E-state index in [2.05, 4.69) is 67.4 Å². The van der Waals surface area contributed by atoms with E-state index in [0.29, 0.717) is 91.3 Å². The number of thiazole rings is 1. The topological polar surface area (TPSA) is 267 Å². The molecule has 0 spiro atoms. The van der Waals surface area contributed by atoms with Gasteiger partial charge in [-0.3, -0.25) is 24.1 Å². The number of aliphatic hydroxyl groups excluding tert-OH is 1. The molecule has 4 heterocycles. The van der Waals surface area contributed by atoms with Crippen LogP contribution in [-0.4, -0.2) is 191 Å². The molecule has 5 aliphatic carbocycles. The Morgan fingerprint density at radius 2 is 1.52 bits per heavy atom. The van der Waals surface area contributed by atoms with E-state index in [0.717, 1.165) is 104 Å². The molecule has 5 N–H and O–H groups in total. The molecular formula is C78H100F3N11O10S4. The quantitative estimate of drug-likeness (QED) is 0.0169. The fourth-order valence-electron chi connectivity index (χ4n) is 16.4. The number of anilines is 2. The summed E-state index contributed by atoms with van der Waals surface area (Å²) in [6.07, 6.45) is 9.20. The number of rotatable bonds is 29. The molecule has 8 aliphatic rings. The molecule has 1 aromatic heterocycles. The molecule has 4 amide bonds. The first-order valence-corrected chi connectivity index (χ1v) is 41.8. The maximum atomic E-state index is 14.7. The smallest absolute Gasteiger partial charge is 0.493 e. The molecule has 3 saturated heterocycles. The number of amides is 4. The zero-order chi connectivity index (χ0) is 75.8. The molecule has 13 rings (SSSR count). The number of allylic oxidation sites excluding steroid dienone is 1. The Kier molecular flexibility index (Phi) is 23.3. The Bertz CT molecular complexity index is 4350. The van der Waals surface area contributed by atoms with E-state index in [1.165, 1.54) is 72.2 Å². The normalized spacial score (nSPS) is 23.2. The number of alkyl halides is 3. The van der Waals surface area contributed by atoms with Crippen LogP contribution >= 0.6 is 23.1 Å². The minimum Gasteiger partial charge on any atom is -0.493 e. The second-order valence-electron chi connectivity index (χ2n) is 32.6. The van der Waals surface area contributed by atoms with Crippen molar-refractivity contribution >= 4 is 78.0 Å². The van der Waals surface area contributed by atoms with Crippen molar-refractivity contribution in [2.75, 3.05) is 101 Å². The van der Waals surface area contributed by atoms with Gasteiger partial charge in [-0.2, -0.15) is 18.4 Å². The van der Waals surface area contributed by atoms with Crippen LogP contribution in [-0.2, 0) is 40.8 Å². The summed E-state index contributed by atoms with van der Waals surface area (Å²) in [5, 5.41) is 29.3. The number of hydrogen-bond donors (Lipinski definition) is 5. The van der Waals surface area contributed by atoms with E-state index in [1.807, 2.05) is 60.2 Å². The number of piperazine rings is 2. The standard InChI is InChI=1S/C78H100F3N11O10S4/c1-52-67(104-51-84-52)54-15-16-55(43-83-70(95)64-40-59(93)45-92(64)71(96)68(73(2,3)4)86-72(97)76(50-82)26-27-76)65(39-54)102-38-12-11-28-88-30-32-89(33-31-88)29-24-57(46-103-60-13-9-8-10-14-60)85-63-22-21-61(41-66(63)105(98,99)78(79,80)81)106(100,101)87-69(94)53-17-19-58(20-18-53)91-36-34-90(35-37-91)44-56-23-25-74(5,6)42-62(56)77-47-75(7,48-77)49-77/h8-10,13-22,39,41,51,57,59,64,68,85,93H,11-12,23-38,40,42-49H2,1-7H3,(H,83,95)(H,86,97)(H,87,94)/t57-,59-,64+,68-,75?,77?/m1/s1. The lowest BCUT2D eigenvalue weighted by Gasteiger charge is -2.72. The number of carbonyl (C=O) groups is 4. The number of nitriles is 1. The Morgan fingerprint density at radius 3 is 2.15 bits per heavy atom. The average molecular weight is 1540 g/mol. The van der Waals surface area contributed by atoms with Crippen LogP contribution in [0.15, 0.2) is 122 Å². The highest BCUT2D eigenvalue weighted by Crippen LogP contribution is 2.77. The number of nitrogens with zero attached hydrogens (tertiary/aromatic N) is 7. The van der Waals surface area contributed by atoms with E-state index in [-0.39, 0.29) is 25.1 Å². The molecule has 5 aromatic rings. The molecule has 4 aromatic carbocycles. The summed E-state index contributed by atoms with van der Waals surface area (Å²) in [7, 11) is -11.1. The fourth-order valence-corrected chi connectivity index (χ4v) is 20.2. The number of benzene rings is 4. The number of likely N-dealkylation sites (tertiary alicyclic amines) is 1. The summed E-state index contributed by atoms with van der Waals surface area (Å²) < 4.78 is 107. The van der Waals surface area contributed by atoms with Crippen molar-refractivity contribution in [3.63, 3.8) is 0 Å². The third kappa shape index (κ3) is 17.9. The van der Waals surface area contributed by atoms with Crippen LogP contribution in [0, 0.1) is 45.3 Å². The number of β-amino-alcohol motifs (C(OH)–C–C–N with tert-alkyl or cyclic N) is 1. The monoisotopic (exact) mass is 1540 g/mol. The van der Waals surface area contributed by atoms with Crippen molar-refractivity contribution in [1.29, 1.82) is 5.26 Å². The van der Waals surface area contributed by atoms with Gasteiger partial charge in [-0.25, -0.2) is 26.5 Å². The maximum absolute atomic E-state index is 14.7. The van der Waals surface area contributed by atoms with Crippen molar-refractivity contribution in [2.45, 2.75) is 176 Å².